The van der Waals surface area contributed by atoms with Gasteiger partial charge >= 0.3 is 0 Å². The zero-order chi connectivity index (χ0) is 91.1. The van der Waals surface area contributed by atoms with Gasteiger partial charge < -0.3 is 15.1 Å². The van der Waals surface area contributed by atoms with E-state index in [4.69, 9.17) is 0 Å². The summed E-state index contributed by atoms with van der Waals surface area (Å²) in [5, 5.41) is 11.5. The largest absolute Gasteiger partial charge is 0.325 e. The normalized spacial score (nSPS) is 13.1. The number of allylic oxidation sites excluding steroid dienone is 17. The number of carbonyl (C=O) groups is 1. The minimum absolute atomic E-state index is 0.0811. The van der Waals surface area contributed by atoms with E-state index < -0.39 is 0 Å². The van der Waals surface area contributed by atoms with Gasteiger partial charge in [0.05, 0.1) is 0 Å². The molecule has 4 nitrogen and oxygen atoms in total. The van der Waals surface area contributed by atoms with Crippen molar-refractivity contribution in [1.82, 2.24) is 15.1 Å². The van der Waals surface area contributed by atoms with Crippen molar-refractivity contribution in [1.29, 1.82) is 0 Å². The number of nitrogens with one attached hydrogen (secondary N) is 1. The van der Waals surface area contributed by atoms with Gasteiger partial charge in [0.2, 0.25) is 0 Å². The molecule has 1 amide bonds. The summed E-state index contributed by atoms with van der Waals surface area (Å²) in [5.74, 6) is 0.508. The summed E-state index contributed by atoms with van der Waals surface area (Å²) in [5.41, 5.74) is 46.1. The van der Waals surface area contributed by atoms with Crippen LogP contribution in [0.25, 0.3) is 112 Å². The van der Waals surface area contributed by atoms with Crippen LogP contribution < -0.4 is 5.32 Å². The summed E-state index contributed by atoms with van der Waals surface area (Å²) in [4.78, 5) is 17.0. The molecule has 12 aromatic carbocycles. The second kappa shape index (κ2) is 42.2. The van der Waals surface area contributed by atoms with Crippen molar-refractivity contribution in [2.24, 2.45) is 0 Å². The highest BCUT2D eigenvalue weighted by Gasteiger charge is 2.22. The Balaban J connectivity index is 0.000000138. The molecule has 0 aliphatic heterocycles. The maximum Gasteiger partial charge on any atom is 0.255 e. The summed E-state index contributed by atoms with van der Waals surface area (Å²) < 4.78 is 0. The number of benzene rings is 12. The predicted octanol–water partition coefficient (Wildman–Crippen LogP) is 32.1. The third-order valence-corrected chi connectivity index (χ3v) is 25.3. The van der Waals surface area contributed by atoms with Crippen LogP contribution >= 0.6 is 0 Å². The highest BCUT2D eigenvalue weighted by atomic mass is 16.1. The van der Waals surface area contributed by atoms with Gasteiger partial charge in [0, 0.05) is 17.7 Å². The Kier molecular flexibility index (Phi) is 30.6. The third-order valence-electron chi connectivity index (χ3n) is 25.3. The van der Waals surface area contributed by atoms with Gasteiger partial charge in [0.15, 0.2) is 0 Å². The molecule has 0 spiro atoms. The van der Waals surface area contributed by atoms with Crippen molar-refractivity contribution in [2.75, 3.05) is 41.3 Å². The summed E-state index contributed by atoms with van der Waals surface area (Å²) in [6.07, 6.45) is 30.1. The number of aryl methyl sites for hydroxylation is 4. The lowest BCUT2D eigenvalue weighted by Crippen LogP contribution is -2.22. The fourth-order valence-electron chi connectivity index (χ4n) is 17.7. The SMILES string of the molecule is C=C(C)c1ccc(C(=O)NC2=Cc3ccc(C(=C)C)cc3C2)cc1.C=C(C)c1ccc(C2=CC=C(c3ccc(C(=C)C)cc3)C2)cc1.C=C(C)c1ccc(C2=Cc3cc(C(=C)C)ccc3C2)cc1.C=C(C)c1ccc2c(c1)C=C(/C=C/C1=Cc3ccc(C(C)C)cc3C1)C2.Cc1cc(CCCCN(C)C)c2ccc3c4cc(C)cc(CCCCN(C)C)c4ccc3c2c1. The van der Waals surface area contributed by atoms with Gasteiger partial charge in [-0.1, -0.05) is 347 Å². The zero-order valence-corrected chi connectivity index (χ0v) is 78.9. The molecule has 0 atom stereocenters. The first-order valence-electron chi connectivity index (χ1n) is 45.8. The average Bonchev–Trinajstić information content (AvgIpc) is 1.07. The maximum absolute atomic E-state index is 12.4. The average molecular weight is 1680 g/mol. The van der Waals surface area contributed by atoms with Crippen LogP contribution in [0.2, 0.25) is 0 Å². The van der Waals surface area contributed by atoms with E-state index in [1.54, 1.807) is 0 Å². The fourth-order valence-corrected chi connectivity index (χ4v) is 17.7. The van der Waals surface area contributed by atoms with E-state index in [0.717, 1.165) is 119 Å². The Morgan fingerprint density at radius 3 is 1.16 bits per heavy atom. The van der Waals surface area contributed by atoms with E-state index in [0.29, 0.717) is 11.5 Å². The second-order valence-corrected chi connectivity index (χ2v) is 37.2. The van der Waals surface area contributed by atoms with Crippen LogP contribution in [-0.2, 0) is 38.5 Å². The molecule has 0 radical (unpaired) electrons. The number of rotatable bonds is 25. The smallest absolute Gasteiger partial charge is 0.255 e. The van der Waals surface area contributed by atoms with E-state index in [-0.39, 0.29) is 5.91 Å². The first-order chi connectivity index (χ1) is 61.3. The lowest BCUT2D eigenvalue weighted by molar-refractivity contribution is 0.0965. The van der Waals surface area contributed by atoms with Crippen LogP contribution in [0.1, 0.15) is 239 Å². The number of nitrogens with zero attached hydrogens (tertiary/aromatic N) is 2. The molecule has 4 heteroatoms. The molecular formula is C124H131N3O. The molecule has 0 saturated heterocycles. The second-order valence-electron chi connectivity index (χ2n) is 37.2. The van der Waals surface area contributed by atoms with Gasteiger partial charge in [0.1, 0.15) is 0 Å². The summed E-state index contributed by atoms with van der Waals surface area (Å²) in [6, 6.07) is 79.3. The Hall–Kier alpha value is -12.8. The van der Waals surface area contributed by atoms with Crippen molar-refractivity contribution >= 4 is 118 Å². The van der Waals surface area contributed by atoms with Crippen molar-refractivity contribution in [2.45, 2.75) is 153 Å². The molecule has 0 aromatic heterocycles. The molecular weight excluding hydrogens is 1550 g/mol. The van der Waals surface area contributed by atoms with Gasteiger partial charge in [-0.2, -0.15) is 0 Å². The van der Waals surface area contributed by atoms with Gasteiger partial charge in [-0.3, -0.25) is 4.79 Å². The zero-order valence-electron chi connectivity index (χ0n) is 78.9. The molecule has 5 aliphatic carbocycles. The number of unbranched alkanes of at least 4 members (excludes halogenated alkanes) is 2. The minimum Gasteiger partial charge on any atom is -0.325 e. The van der Waals surface area contributed by atoms with Crippen LogP contribution in [0.5, 0.6) is 0 Å². The monoisotopic (exact) mass is 1680 g/mol. The first-order valence-corrected chi connectivity index (χ1v) is 45.8. The molecule has 648 valence electrons. The summed E-state index contributed by atoms with van der Waals surface area (Å²) >= 11 is 0. The Labute approximate surface area is 766 Å². The van der Waals surface area contributed by atoms with Crippen LogP contribution in [-0.4, -0.2) is 57.0 Å². The van der Waals surface area contributed by atoms with E-state index in [2.05, 4.69) is 368 Å². The molecule has 12 aromatic rings. The Morgan fingerprint density at radius 2 is 0.703 bits per heavy atom. The van der Waals surface area contributed by atoms with E-state index >= 15 is 0 Å². The van der Waals surface area contributed by atoms with Gasteiger partial charge in [0.25, 0.3) is 5.91 Å². The molecule has 1 N–H and O–H groups in total. The molecule has 128 heavy (non-hydrogen) atoms. The molecule has 0 saturated carbocycles. The summed E-state index contributed by atoms with van der Waals surface area (Å²) in [7, 11) is 8.65. The molecule has 5 aliphatic rings. The topological polar surface area (TPSA) is 35.6 Å². The van der Waals surface area contributed by atoms with Crippen molar-refractivity contribution in [3.8, 4) is 0 Å². The van der Waals surface area contributed by atoms with E-state index in [9.17, 15) is 4.79 Å². The van der Waals surface area contributed by atoms with Crippen LogP contribution in [0.15, 0.2) is 306 Å². The molecule has 0 heterocycles. The lowest BCUT2D eigenvalue weighted by atomic mass is 9.90. The van der Waals surface area contributed by atoms with Crippen LogP contribution in [0.3, 0.4) is 0 Å². The maximum atomic E-state index is 12.4. The van der Waals surface area contributed by atoms with E-state index in [1.807, 2.05) is 65.0 Å². The van der Waals surface area contributed by atoms with E-state index in [1.165, 1.54) is 197 Å². The number of amides is 1. The summed E-state index contributed by atoms with van der Waals surface area (Å²) in [6.45, 7) is 53.5. The first kappa shape index (κ1) is 92.8. The minimum atomic E-state index is -0.0811. The highest BCUT2D eigenvalue weighted by Crippen LogP contribution is 2.41. The quantitative estimate of drug-likeness (QED) is 0.0458. The Bertz CT molecular complexity index is 6360. The van der Waals surface area contributed by atoms with Gasteiger partial charge in [-0.25, -0.2) is 0 Å². The number of fused-ring (bicyclic) bond motifs is 9. The molecule has 0 bridgehead atoms. The van der Waals surface area contributed by atoms with Gasteiger partial charge in [-0.15, -0.1) is 0 Å². The third kappa shape index (κ3) is 23.7. The number of hydrogen-bond donors (Lipinski definition) is 1. The van der Waals surface area contributed by atoms with Crippen molar-refractivity contribution < 1.29 is 4.79 Å². The van der Waals surface area contributed by atoms with Crippen molar-refractivity contribution in [3.63, 3.8) is 0 Å². The molecule has 0 fully saturated rings. The molecule has 17 rings (SSSR count). The predicted molar refractivity (Wildman–Crippen MR) is 564 cm³/mol. The van der Waals surface area contributed by atoms with Crippen LogP contribution in [0.4, 0.5) is 0 Å². The standard InChI is InChI=1S/C32H42N2.C26H26.C23H22.C22H21NO.C21H20/c1-23-19-25(11-7-9-17-33(3)4)27-13-16-30-29(31(27)21-23)15-14-28-26(12-8-10-18-34(5)6)20-24(2)22-32(28)30;1-17(2)21-7-9-23-11-19(13-25(23)15-21)5-6-20-12-24-10-8-22(18(3)4)16-26(24)14-20;1-16(2)18-5-9-20(10-6-18)22-13-14-23(15-22)21-11-7-19(8-12-21)17(3)4;1-14(2)16-5-7-17(8-6-16)22(24)23-21-12-19-10-9-18(15(3)4)11-20(19)13-21;1-14(2)16-5-7-17(8-6-16)20-12-19-10-9-18(15(3)4)11-21(19)13-20/h13-16,19-22H,7-12,17-18H2,1-6H3;5-10,12-13,15-16,18H,1,11,14H2,2-4H3;5-14H,1,3,15H2,2,4H3;5-12H,1,3,13H2,2,4H3,(H,23,24);5-11,13H,1,3,12H2,2,4H3/b;6-5+;;;. The highest BCUT2D eigenvalue weighted by molar-refractivity contribution is 6.18. The Morgan fingerprint density at radius 1 is 0.336 bits per heavy atom. The number of hydrogen-bond acceptors (Lipinski definition) is 3. The number of carbonyl (C=O) groups excluding carboxylic acids is 1. The lowest BCUT2D eigenvalue weighted by Gasteiger charge is -2.15. The van der Waals surface area contributed by atoms with Crippen molar-refractivity contribution in [3.05, 3.63) is 439 Å². The van der Waals surface area contributed by atoms with Crippen LogP contribution in [0, 0.1) is 13.8 Å². The fraction of sp³-hybridized carbons (Fsp3) is 0.234. The van der Waals surface area contributed by atoms with Gasteiger partial charge in [-0.05, 0) is 381 Å². The molecule has 0 unspecified atom stereocenters.